The largest absolute Gasteiger partial charge is 0.464 e. The molecule has 0 spiro atoms. The van der Waals surface area contributed by atoms with E-state index in [4.69, 9.17) is 9.47 Å². The van der Waals surface area contributed by atoms with Crippen LogP contribution in [0, 0.1) is 17.2 Å². The van der Waals surface area contributed by atoms with E-state index >= 15 is 4.39 Å². The van der Waals surface area contributed by atoms with E-state index in [9.17, 15) is 27.6 Å². The number of alkyl halides is 3. The molecular weight excluding hydrogens is 730 g/mol. The first kappa shape index (κ1) is 40.8. The summed E-state index contributed by atoms with van der Waals surface area (Å²) in [5.74, 6) is -1.98. The Morgan fingerprint density at radius 3 is 2.59 bits per heavy atom. The second-order valence-electron chi connectivity index (χ2n) is 16.1. The van der Waals surface area contributed by atoms with Gasteiger partial charge in [-0.25, -0.2) is 9.82 Å². The number of methoxy groups -OCH3 is 1. The van der Waals surface area contributed by atoms with Crippen LogP contribution < -0.4 is 10.7 Å². The van der Waals surface area contributed by atoms with Gasteiger partial charge in [-0.2, -0.15) is 13.2 Å². The molecule has 6 bridgehead atoms. The minimum absolute atomic E-state index is 0.0149. The van der Waals surface area contributed by atoms with Gasteiger partial charge in [-0.15, -0.1) is 0 Å². The number of benzene rings is 2. The van der Waals surface area contributed by atoms with Crippen LogP contribution >= 0.6 is 0 Å². The fraction of sp³-hybridized carbons (Fsp3) is 0.476. The lowest BCUT2D eigenvalue weighted by Crippen LogP contribution is -2.60. The molecule has 1 fully saturated rings. The molecular formula is C42H49F4N5O5. The van der Waals surface area contributed by atoms with Gasteiger partial charge in [0.15, 0.2) is 0 Å². The van der Waals surface area contributed by atoms with Crippen LogP contribution in [-0.4, -0.2) is 70.9 Å². The first-order valence-corrected chi connectivity index (χ1v) is 19.0. The summed E-state index contributed by atoms with van der Waals surface area (Å²) < 4.78 is 71.8. The van der Waals surface area contributed by atoms with Crippen molar-refractivity contribution in [3.8, 4) is 22.4 Å². The molecule has 300 valence electrons. The zero-order valence-electron chi connectivity index (χ0n) is 32.6. The normalized spacial score (nSPS) is 19.8. The van der Waals surface area contributed by atoms with E-state index in [0.29, 0.717) is 62.9 Å². The lowest BCUT2D eigenvalue weighted by Gasteiger charge is -2.35. The fourth-order valence-corrected chi connectivity index (χ4v) is 7.68. The van der Waals surface area contributed by atoms with E-state index in [2.05, 4.69) is 15.7 Å². The first-order chi connectivity index (χ1) is 26.4. The molecule has 2 aliphatic heterocycles. The highest BCUT2D eigenvalue weighted by molar-refractivity contribution is 5.95. The standard InChI is InChI=1S/C42H49F4N5O5/c1-24(2)15-36(52)48-34-18-26-16-28(19-29(43)17-26)27-11-12-35-31(20-27)32(21-41(4,5)23-56-40(54)33-10-8-14-51(49-33)39(34)53)38(50(35)22-42(44,45)46)30-9-7-13-47-37(30)25(3)55-6/h7,9,11-13,16-17,19-20,24-25,33-34,49H,8,10,14-15,18,21-23H2,1-6H3,(H,48,52)/t25-,33-,34-/m0/s1. The molecule has 2 aromatic carbocycles. The Balaban J connectivity index is 1.58. The number of ether oxygens (including phenoxy) is 2. The molecule has 4 heterocycles. The molecule has 0 radical (unpaired) electrons. The molecule has 2 aliphatic rings. The maximum atomic E-state index is 15.6. The number of hydrogen-bond acceptors (Lipinski definition) is 7. The summed E-state index contributed by atoms with van der Waals surface area (Å²) in [4.78, 5) is 45.2. The maximum absolute atomic E-state index is 15.6. The number of fused-ring (bicyclic) bond motifs is 6. The monoisotopic (exact) mass is 779 g/mol. The molecule has 0 aliphatic carbocycles. The summed E-state index contributed by atoms with van der Waals surface area (Å²) in [6.45, 7) is 8.17. The van der Waals surface area contributed by atoms with E-state index < -0.39 is 54.0 Å². The molecule has 14 heteroatoms. The van der Waals surface area contributed by atoms with Crippen LogP contribution in [0.25, 0.3) is 33.3 Å². The number of nitrogens with one attached hydrogen (secondary N) is 2. The topological polar surface area (TPSA) is 115 Å². The summed E-state index contributed by atoms with van der Waals surface area (Å²) in [5.41, 5.74) is 5.69. The predicted octanol–water partition coefficient (Wildman–Crippen LogP) is 7.47. The number of hydrazine groups is 1. The fourth-order valence-electron chi connectivity index (χ4n) is 7.68. The number of hydrogen-bond donors (Lipinski definition) is 2. The summed E-state index contributed by atoms with van der Waals surface area (Å²) in [7, 11) is 1.50. The van der Waals surface area contributed by atoms with Crippen LogP contribution in [-0.2, 0) is 43.2 Å². The highest BCUT2D eigenvalue weighted by Gasteiger charge is 2.37. The Hall–Kier alpha value is -4.82. The van der Waals surface area contributed by atoms with Crippen molar-refractivity contribution in [2.24, 2.45) is 11.3 Å². The number of halogens is 4. The van der Waals surface area contributed by atoms with Crippen molar-refractivity contribution < 1.29 is 41.4 Å². The third-order valence-corrected chi connectivity index (χ3v) is 10.3. The average Bonchev–Trinajstić information content (AvgIpc) is 3.41. The molecule has 6 rings (SSSR count). The van der Waals surface area contributed by atoms with Crippen molar-refractivity contribution >= 4 is 28.7 Å². The molecule has 10 nitrogen and oxygen atoms in total. The summed E-state index contributed by atoms with van der Waals surface area (Å²) >= 11 is 0. The van der Waals surface area contributed by atoms with Gasteiger partial charge in [0.05, 0.1) is 24.1 Å². The van der Waals surface area contributed by atoms with Crippen molar-refractivity contribution in [1.82, 2.24) is 25.3 Å². The first-order valence-electron chi connectivity index (χ1n) is 19.0. The number of cyclic esters (lactones) is 1. The summed E-state index contributed by atoms with van der Waals surface area (Å²) in [6.07, 6.45) is -2.43. The van der Waals surface area contributed by atoms with Gasteiger partial charge in [-0.1, -0.05) is 39.8 Å². The van der Waals surface area contributed by atoms with Crippen molar-refractivity contribution in [3.05, 3.63) is 77.4 Å². The number of nitrogens with zero attached hydrogens (tertiary/aromatic N) is 3. The highest BCUT2D eigenvalue weighted by atomic mass is 19.4. The number of pyridine rings is 1. The van der Waals surface area contributed by atoms with Crippen LogP contribution in [0.1, 0.15) is 76.8 Å². The van der Waals surface area contributed by atoms with Crippen LogP contribution in [0.4, 0.5) is 17.6 Å². The minimum atomic E-state index is -4.60. The van der Waals surface area contributed by atoms with Crippen LogP contribution in [0.5, 0.6) is 0 Å². The van der Waals surface area contributed by atoms with Gasteiger partial charge in [-0.3, -0.25) is 24.4 Å². The number of amides is 2. The molecule has 4 aromatic rings. The SMILES string of the molecule is CO[C@@H](C)c1ncccc1-c1c2c3cc(ccc3n1CC(F)(F)F)-c1cc(F)cc(c1)C[C@H](NC(=O)CC(C)C)C(=O)N1CCC[C@H](N1)C(=O)OCC(C)(C)C2. The summed E-state index contributed by atoms with van der Waals surface area (Å²) in [5, 5.41) is 4.67. The number of esters is 1. The second kappa shape index (κ2) is 16.3. The number of carbonyl (C=O) groups excluding carboxylic acids is 3. The quantitative estimate of drug-likeness (QED) is 0.148. The van der Waals surface area contributed by atoms with Crippen molar-refractivity contribution in [2.75, 3.05) is 20.3 Å². The van der Waals surface area contributed by atoms with Gasteiger partial charge in [0, 0.05) is 54.6 Å². The Morgan fingerprint density at radius 2 is 1.88 bits per heavy atom. The average molecular weight is 780 g/mol. The van der Waals surface area contributed by atoms with Gasteiger partial charge >= 0.3 is 12.1 Å². The highest BCUT2D eigenvalue weighted by Crippen LogP contribution is 2.43. The smallest absolute Gasteiger partial charge is 0.406 e. The third kappa shape index (κ3) is 9.24. The zero-order chi connectivity index (χ0) is 40.5. The maximum Gasteiger partial charge on any atom is 0.406 e. The van der Waals surface area contributed by atoms with E-state index in [1.807, 2.05) is 27.7 Å². The molecule has 2 amide bonds. The molecule has 2 N–H and O–H groups in total. The zero-order valence-corrected chi connectivity index (χ0v) is 32.6. The molecule has 0 saturated carbocycles. The van der Waals surface area contributed by atoms with E-state index in [1.54, 1.807) is 49.5 Å². The lowest BCUT2D eigenvalue weighted by molar-refractivity contribution is -0.155. The van der Waals surface area contributed by atoms with E-state index in [-0.39, 0.29) is 44.2 Å². The lowest BCUT2D eigenvalue weighted by atomic mass is 9.84. The Labute approximate surface area is 323 Å². The predicted molar refractivity (Wildman–Crippen MR) is 203 cm³/mol. The van der Waals surface area contributed by atoms with E-state index in [0.717, 1.165) is 0 Å². The third-order valence-electron chi connectivity index (χ3n) is 10.3. The number of rotatable bonds is 7. The number of carbonyl (C=O) groups is 3. The van der Waals surface area contributed by atoms with Gasteiger partial charge < -0.3 is 19.4 Å². The Bertz CT molecular complexity index is 2110. The number of aromatic nitrogens is 2. The minimum Gasteiger partial charge on any atom is -0.464 e. The van der Waals surface area contributed by atoms with Crippen molar-refractivity contribution in [3.63, 3.8) is 0 Å². The summed E-state index contributed by atoms with van der Waals surface area (Å²) in [6, 6.07) is 10.8. The second-order valence-corrected chi connectivity index (χ2v) is 16.1. The molecule has 3 atom stereocenters. The molecule has 2 aromatic heterocycles. The van der Waals surface area contributed by atoms with Crippen LogP contribution in [0.3, 0.4) is 0 Å². The van der Waals surface area contributed by atoms with Crippen molar-refractivity contribution in [1.29, 1.82) is 0 Å². The molecule has 56 heavy (non-hydrogen) atoms. The Kier molecular flexibility index (Phi) is 11.9. The van der Waals surface area contributed by atoms with Gasteiger partial charge in [-0.05, 0) is 90.8 Å². The van der Waals surface area contributed by atoms with Gasteiger partial charge in [0.1, 0.15) is 24.4 Å². The van der Waals surface area contributed by atoms with E-state index in [1.165, 1.54) is 28.8 Å². The van der Waals surface area contributed by atoms with Gasteiger partial charge in [0.2, 0.25) is 5.91 Å². The Morgan fingerprint density at radius 1 is 1.11 bits per heavy atom. The van der Waals surface area contributed by atoms with Crippen LogP contribution in [0.15, 0.2) is 54.7 Å². The molecule has 0 unspecified atom stereocenters. The molecule has 1 saturated heterocycles. The van der Waals surface area contributed by atoms with Gasteiger partial charge in [0.25, 0.3) is 5.91 Å². The van der Waals surface area contributed by atoms with Crippen LogP contribution in [0.2, 0.25) is 0 Å². The van der Waals surface area contributed by atoms with Crippen molar-refractivity contribution in [2.45, 2.75) is 97.6 Å².